The zero-order valence-corrected chi connectivity index (χ0v) is 21.2. The third-order valence-electron chi connectivity index (χ3n) is 7.24. The summed E-state index contributed by atoms with van der Waals surface area (Å²) < 4.78 is 49.3. The molecule has 0 aromatic heterocycles. The number of rotatable bonds is 9. The number of ketones is 1. The largest absolute Gasteiger partial charge is 0.469 e. The summed E-state index contributed by atoms with van der Waals surface area (Å²) in [6.45, 7) is 3.66. The molecule has 2 heterocycles. The van der Waals surface area contributed by atoms with Gasteiger partial charge >= 0.3 is 18.1 Å². The molecule has 204 valence electrons. The lowest BCUT2D eigenvalue weighted by Gasteiger charge is -2.40. The van der Waals surface area contributed by atoms with Gasteiger partial charge in [0, 0.05) is 26.3 Å². The Kier molecular flexibility index (Phi) is 8.99. The Hall–Kier alpha value is -2.95. The fourth-order valence-electron chi connectivity index (χ4n) is 5.33. The van der Waals surface area contributed by atoms with Crippen LogP contribution in [0.5, 0.6) is 0 Å². The number of hydrogen-bond acceptors (Lipinski definition) is 7. The van der Waals surface area contributed by atoms with Crippen molar-refractivity contribution in [1.29, 1.82) is 0 Å². The summed E-state index contributed by atoms with van der Waals surface area (Å²) in [6.07, 6.45) is -3.58. The van der Waals surface area contributed by atoms with E-state index >= 15 is 0 Å². The molecule has 0 aliphatic carbocycles. The van der Waals surface area contributed by atoms with Crippen LogP contribution in [-0.2, 0) is 41.2 Å². The third-order valence-corrected chi connectivity index (χ3v) is 7.24. The molecule has 3 rings (SSSR count). The Balaban J connectivity index is 1.97. The number of alkyl halides is 3. The van der Waals surface area contributed by atoms with Gasteiger partial charge in [-0.25, -0.2) is 0 Å². The van der Waals surface area contributed by atoms with Crippen molar-refractivity contribution < 1.29 is 41.8 Å². The molecule has 0 saturated carbocycles. The van der Waals surface area contributed by atoms with E-state index in [1.165, 1.54) is 30.9 Å². The maximum Gasteiger partial charge on any atom is 0.416 e. The molecule has 11 heteroatoms. The van der Waals surface area contributed by atoms with E-state index in [0.29, 0.717) is 37.9 Å². The Morgan fingerprint density at radius 2 is 1.84 bits per heavy atom. The normalized spacial score (nSPS) is 23.4. The van der Waals surface area contributed by atoms with E-state index in [0.717, 1.165) is 25.7 Å². The van der Waals surface area contributed by atoms with E-state index in [1.807, 2.05) is 0 Å². The number of carbonyl (C=O) groups excluding carboxylic acids is 4. The van der Waals surface area contributed by atoms with Gasteiger partial charge in [0.15, 0.2) is 5.78 Å². The van der Waals surface area contributed by atoms with E-state index in [4.69, 9.17) is 9.47 Å². The number of methoxy groups -OCH3 is 1. The van der Waals surface area contributed by atoms with Crippen molar-refractivity contribution in [2.75, 3.05) is 20.2 Å². The molecule has 1 amide bonds. The summed E-state index contributed by atoms with van der Waals surface area (Å²) in [5.74, 6) is -3.13. The van der Waals surface area contributed by atoms with Crippen LogP contribution in [0.1, 0.15) is 57.1 Å². The summed E-state index contributed by atoms with van der Waals surface area (Å²) in [5.41, 5.74) is -1.71. The standard InChI is InChI=1S/C26H33F3N2O6/c1-16(37-17(2)32)20(24(35)36-3)14-22(33)25(15-18-7-9-19(10-8-18)26(27,28)29)11-5-13-31(25)23(34)21-6-4-12-30-21/h7-10,16,20-21,30H,4-6,11-15H2,1-3H3/t16-,20+,21?,25?/m1/s1. The van der Waals surface area contributed by atoms with Crippen LogP contribution in [0.3, 0.4) is 0 Å². The molecule has 0 bridgehead atoms. The number of nitrogens with zero attached hydrogens (tertiary/aromatic N) is 1. The number of nitrogens with one attached hydrogen (secondary N) is 1. The highest BCUT2D eigenvalue weighted by atomic mass is 19.4. The van der Waals surface area contributed by atoms with Gasteiger partial charge in [0.05, 0.1) is 18.7 Å². The Morgan fingerprint density at radius 1 is 1.16 bits per heavy atom. The first-order valence-corrected chi connectivity index (χ1v) is 12.4. The monoisotopic (exact) mass is 526 g/mol. The number of hydrogen-bond donors (Lipinski definition) is 1. The number of amides is 1. The van der Waals surface area contributed by atoms with Crippen molar-refractivity contribution in [1.82, 2.24) is 10.2 Å². The van der Waals surface area contributed by atoms with Crippen LogP contribution in [0.2, 0.25) is 0 Å². The van der Waals surface area contributed by atoms with E-state index in [-0.39, 0.29) is 18.7 Å². The van der Waals surface area contributed by atoms with Gasteiger partial charge in [-0.2, -0.15) is 13.2 Å². The SMILES string of the molecule is COC(=O)[C@@H](CC(=O)C1(Cc2ccc(C(F)(F)F)cc2)CCCN1C(=O)C1CCCN1)[C@@H](C)OC(C)=O. The van der Waals surface area contributed by atoms with Crippen molar-refractivity contribution in [3.8, 4) is 0 Å². The second-order valence-corrected chi connectivity index (χ2v) is 9.72. The minimum atomic E-state index is -4.50. The first kappa shape index (κ1) is 28.6. The summed E-state index contributed by atoms with van der Waals surface area (Å²) in [6, 6.07) is 4.08. The Bertz CT molecular complexity index is 1010. The quantitative estimate of drug-likeness (QED) is 0.494. The minimum Gasteiger partial charge on any atom is -0.469 e. The van der Waals surface area contributed by atoms with Crippen LogP contribution < -0.4 is 5.32 Å². The van der Waals surface area contributed by atoms with E-state index in [2.05, 4.69) is 5.32 Å². The van der Waals surface area contributed by atoms with Crippen molar-refractivity contribution in [3.05, 3.63) is 35.4 Å². The summed E-state index contributed by atoms with van der Waals surface area (Å²) in [5, 5.41) is 3.15. The Labute approximate surface area is 213 Å². The van der Waals surface area contributed by atoms with E-state index in [9.17, 15) is 32.3 Å². The van der Waals surface area contributed by atoms with E-state index < -0.39 is 53.1 Å². The van der Waals surface area contributed by atoms with Crippen LogP contribution in [0.15, 0.2) is 24.3 Å². The number of benzene rings is 1. The highest BCUT2D eigenvalue weighted by Gasteiger charge is 2.51. The molecule has 1 aromatic carbocycles. The van der Waals surface area contributed by atoms with Crippen LogP contribution in [0, 0.1) is 5.92 Å². The molecular weight excluding hydrogens is 493 g/mol. The lowest BCUT2D eigenvalue weighted by atomic mass is 9.79. The number of Topliss-reactive ketones (excluding diaryl/α,β-unsaturated/α-hetero) is 1. The molecule has 2 fully saturated rings. The van der Waals surface area contributed by atoms with Gasteiger partial charge in [0.1, 0.15) is 17.6 Å². The van der Waals surface area contributed by atoms with Crippen molar-refractivity contribution >= 4 is 23.6 Å². The minimum absolute atomic E-state index is 0.00172. The number of carbonyl (C=O) groups is 4. The molecule has 2 saturated heterocycles. The fourth-order valence-corrected chi connectivity index (χ4v) is 5.33. The zero-order valence-electron chi connectivity index (χ0n) is 21.2. The third kappa shape index (κ3) is 6.49. The summed E-state index contributed by atoms with van der Waals surface area (Å²) >= 11 is 0. The predicted octanol–water partition coefficient (Wildman–Crippen LogP) is 3.06. The highest BCUT2D eigenvalue weighted by Crippen LogP contribution is 2.38. The van der Waals surface area contributed by atoms with Crippen LogP contribution in [0.4, 0.5) is 13.2 Å². The Morgan fingerprint density at radius 3 is 2.38 bits per heavy atom. The molecule has 2 aliphatic heterocycles. The molecule has 37 heavy (non-hydrogen) atoms. The lowest BCUT2D eigenvalue weighted by Crippen LogP contribution is -2.58. The molecule has 1 N–H and O–H groups in total. The number of esters is 2. The molecule has 0 radical (unpaired) electrons. The van der Waals surface area contributed by atoms with E-state index in [1.54, 1.807) is 0 Å². The molecule has 2 unspecified atom stereocenters. The average molecular weight is 527 g/mol. The number of likely N-dealkylation sites (tertiary alicyclic amines) is 1. The van der Waals surface area contributed by atoms with Gasteiger partial charge in [0.25, 0.3) is 0 Å². The van der Waals surface area contributed by atoms with Crippen molar-refractivity contribution in [2.45, 2.75) is 76.2 Å². The van der Waals surface area contributed by atoms with Gasteiger partial charge < -0.3 is 19.7 Å². The molecule has 4 atom stereocenters. The highest BCUT2D eigenvalue weighted by molar-refractivity contribution is 5.97. The summed E-state index contributed by atoms with van der Waals surface area (Å²) in [7, 11) is 1.16. The van der Waals surface area contributed by atoms with Gasteiger partial charge in [-0.3, -0.25) is 19.2 Å². The van der Waals surface area contributed by atoms with Crippen molar-refractivity contribution in [2.24, 2.45) is 5.92 Å². The molecule has 2 aliphatic rings. The van der Waals surface area contributed by atoms with Crippen LogP contribution in [-0.4, -0.2) is 66.4 Å². The molecule has 8 nitrogen and oxygen atoms in total. The van der Waals surface area contributed by atoms with Crippen molar-refractivity contribution in [3.63, 3.8) is 0 Å². The fraction of sp³-hybridized carbons (Fsp3) is 0.615. The zero-order chi connectivity index (χ0) is 27.4. The predicted molar refractivity (Wildman–Crippen MR) is 126 cm³/mol. The first-order valence-electron chi connectivity index (χ1n) is 12.4. The second kappa shape index (κ2) is 11.6. The molecule has 1 aromatic rings. The maximum atomic E-state index is 14.0. The van der Waals surface area contributed by atoms with Gasteiger partial charge in [-0.1, -0.05) is 12.1 Å². The van der Waals surface area contributed by atoms with Crippen LogP contribution >= 0.6 is 0 Å². The lowest BCUT2D eigenvalue weighted by molar-refractivity contribution is -0.160. The second-order valence-electron chi connectivity index (χ2n) is 9.72. The smallest absolute Gasteiger partial charge is 0.416 e. The van der Waals surface area contributed by atoms with Gasteiger partial charge in [-0.05, 0) is 56.8 Å². The number of ether oxygens (including phenoxy) is 2. The molecular formula is C26H33F3N2O6. The maximum absolute atomic E-state index is 14.0. The van der Waals surface area contributed by atoms with Gasteiger partial charge in [-0.15, -0.1) is 0 Å². The first-order chi connectivity index (χ1) is 17.4. The van der Waals surface area contributed by atoms with Crippen LogP contribution in [0.25, 0.3) is 0 Å². The summed E-state index contributed by atoms with van der Waals surface area (Å²) in [4.78, 5) is 53.1. The average Bonchev–Trinajstić information content (AvgIpc) is 3.52. The number of halogens is 3. The van der Waals surface area contributed by atoms with Gasteiger partial charge in [0.2, 0.25) is 5.91 Å². The topological polar surface area (TPSA) is 102 Å². The molecule has 0 spiro atoms.